The first-order valence-electron chi connectivity index (χ1n) is 4.29. The number of thioether (sulfide) groups is 7. The molecule has 0 saturated carbocycles. The second-order valence-electron chi connectivity index (χ2n) is 2.62. The quantitative estimate of drug-likeness (QED) is 0.601. The predicted octanol–water partition coefficient (Wildman–Crippen LogP) is 6.09. The lowest BCUT2D eigenvalue weighted by Gasteiger charge is -2.01. The molecule has 2 rings (SSSR count). The van der Waals surface area contributed by atoms with Gasteiger partial charge >= 0.3 is 0 Å². The second kappa shape index (κ2) is 6.73. The number of hydrogen-bond donors (Lipinski definition) is 0. The highest BCUT2D eigenvalue weighted by Gasteiger charge is 2.25. The van der Waals surface area contributed by atoms with Gasteiger partial charge in [-0.1, -0.05) is 47.0 Å². The zero-order valence-electron chi connectivity index (χ0n) is 8.94. The third-order valence-corrected chi connectivity index (χ3v) is 11.1. The summed E-state index contributed by atoms with van der Waals surface area (Å²) in [6, 6.07) is 0. The van der Waals surface area contributed by atoms with Crippen molar-refractivity contribution in [2.45, 2.75) is 0 Å². The van der Waals surface area contributed by atoms with Gasteiger partial charge in [0, 0.05) is 0 Å². The van der Waals surface area contributed by atoms with E-state index >= 15 is 0 Å². The van der Waals surface area contributed by atoms with E-state index in [9.17, 15) is 0 Å². The summed E-state index contributed by atoms with van der Waals surface area (Å²) in [5.74, 6) is 0. The Hall–Kier alpha value is 1.67. The summed E-state index contributed by atoms with van der Waals surface area (Å²) in [4.78, 5) is 0. The molecule has 2 heterocycles. The van der Waals surface area contributed by atoms with Crippen LogP contribution in [0.3, 0.4) is 0 Å². The lowest BCUT2D eigenvalue weighted by atomic mass is 11.2. The summed E-state index contributed by atoms with van der Waals surface area (Å²) >= 11 is 13.2. The molecule has 0 spiro atoms. The van der Waals surface area contributed by atoms with Gasteiger partial charge in [-0.2, -0.15) is 0 Å². The van der Waals surface area contributed by atoms with Crippen molar-refractivity contribution in [1.29, 1.82) is 0 Å². The van der Waals surface area contributed by atoms with Crippen molar-refractivity contribution in [1.82, 2.24) is 0 Å². The summed E-state index contributed by atoms with van der Waals surface area (Å²) in [7, 11) is 0. The van der Waals surface area contributed by atoms with Crippen LogP contribution in [0.5, 0.6) is 0 Å². The molecule has 88 valence electrons. The van der Waals surface area contributed by atoms with Crippen molar-refractivity contribution in [3.8, 4) is 0 Å². The fraction of sp³-hybridized carbons (Fsp3) is 0.333. The maximum Gasteiger partial charge on any atom is 0.0717 e. The molecule has 0 unspecified atom stereocenters. The Balaban J connectivity index is 2.09. The summed E-state index contributed by atoms with van der Waals surface area (Å²) in [6.45, 7) is 0. The standard InChI is InChI=1S/C9H10S7/c1-10-5-4-13-8(14-5)9-15-6(11-2)7(12-3)16-9/h4H,1-3H3. The molecule has 2 aliphatic rings. The normalized spacial score (nSPS) is 21.1. The molecule has 0 N–H and O–H groups in total. The summed E-state index contributed by atoms with van der Waals surface area (Å²) in [5, 5.41) is 2.26. The van der Waals surface area contributed by atoms with E-state index in [1.165, 1.54) is 21.2 Å². The fourth-order valence-electron chi connectivity index (χ4n) is 1.03. The van der Waals surface area contributed by atoms with E-state index in [1.54, 1.807) is 0 Å². The van der Waals surface area contributed by atoms with Crippen LogP contribution in [0.25, 0.3) is 0 Å². The fourth-order valence-corrected chi connectivity index (χ4v) is 9.50. The average molecular weight is 343 g/mol. The van der Waals surface area contributed by atoms with Gasteiger partial charge in [0.05, 0.1) is 21.2 Å². The molecule has 0 atom stereocenters. The molecule has 7 heteroatoms. The van der Waals surface area contributed by atoms with Gasteiger partial charge in [-0.3, -0.25) is 0 Å². The highest BCUT2D eigenvalue weighted by atomic mass is 32.3. The minimum absolute atomic E-state index is 1.41. The molecule has 2 aliphatic heterocycles. The first-order valence-corrected chi connectivity index (χ1v) is 11.3. The van der Waals surface area contributed by atoms with E-state index in [0.717, 1.165) is 0 Å². The van der Waals surface area contributed by atoms with Gasteiger partial charge in [-0.15, -0.1) is 35.3 Å². The first kappa shape index (κ1) is 14.1. The highest BCUT2D eigenvalue weighted by molar-refractivity contribution is 8.43. The van der Waals surface area contributed by atoms with Gasteiger partial charge in [0.1, 0.15) is 0 Å². The summed E-state index contributed by atoms with van der Waals surface area (Å²) < 4.78 is 7.24. The maximum atomic E-state index is 2.26. The molecule has 0 aromatic rings. The van der Waals surface area contributed by atoms with E-state index in [4.69, 9.17) is 0 Å². The highest BCUT2D eigenvalue weighted by Crippen LogP contribution is 2.62. The van der Waals surface area contributed by atoms with Crippen molar-refractivity contribution in [3.05, 3.63) is 26.6 Å². The van der Waals surface area contributed by atoms with Crippen LogP contribution in [-0.2, 0) is 0 Å². The van der Waals surface area contributed by atoms with E-state index in [2.05, 4.69) is 24.2 Å². The molecule has 0 amide bonds. The molecular weight excluding hydrogens is 333 g/mol. The zero-order valence-corrected chi connectivity index (χ0v) is 14.7. The average Bonchev–Trinajstić information content (AvgIpc) is 2.94. The van der Waals surface area contributed by atoms with Gasteiger partial charge in [0.15, 0.2) is 0 Å². The topological polar surface area (TPSA) is 0 Å². The van der Waals surface area contributed by atoms with Gasteiger partial charge in [-0.05, 0) is 24.2 Å². The van der Waals surface area contributed by atoms with E-state index in [1.807, 2.05) is 82.3 Å². The first-order chi connectivity index (χ1) is 7.78. The monoisotopic (exact) mass is 342 g/mol. The molecule has 0 aliphatic carbocycles. The van der Waals surface area contributed by atoms with Gasteiger partial charge in [-0.25, -0.2) is 0 Å². The lowest BCUT2D eigenvalue weighted by Crippen LogP contribution is -1.66. The Bertz CT molecular complexity index is 361. The smallest absolute Gasteiger partial charge is 0.0717 e. The largest absolute Gasteiger partial charge is 0.122 e. The zero-order chi connectivity index (χ0) is 11.5. The predicted molar refractivity (Wildman–Crippen MR) is 93.0 cm³/mol. The Morgan fingerprint density at radius 1 is 0.812 bits per heavy atom. The van der Waals surface area contributed by atoms with Crippen LogP contribution in [0, 0.1) is 0 Å². The van der Waals surface area contributed by atoms with Gasteiger partial charge in [0.2, 0.25) is 0 Å². The molecule has 0 aromatic heterocycles. The van der Waals surface area contributed by atoms with E-state index in [-0.39, 0.29) is 0 Å². The van der Waals surface area contributed by atoms with Crippen LogP contribution in [-0.4, -0.2) is 18.8 Å². The Kier molecular flexibility index (Phi) is 5.92. The van der Waals surface area contributed by atoms with Gasteiger partial charge in [0.25, 0.3) is 0 Å². The van der Waals surface area contributed by atoms with E-state index in [0.29, 0.717) is 0 Å². The third-order valence-electron chi connectivity index (χ3n) is 1.73. The minimum atomic E-state index is 1.41. The van der Waals surface area contributed by atoms with Crippen LogP contribution in [0.4, 0.5) is 0 Å². The summed E-state index contributed by atoms with van der Waals surface area (Å²) in [6.07, 6.45) is 6.46. The second-order valence-corrected chi connectivity index (χ2v) is 10.4. The van der Waals surface area contributed by atoms with E-state index < -0.39 is 0 Å². The molecule has 0 saturated heterocycles. The molecule has 0 aromatic carbocycles. The lowest BCUT2D eigenvalue weighted by molar-refractivity contribution is 2.30. The molecule has 0 bridgehead atoms. The molecule has 16 heavy (non-hydrogen) atoms. The van der Waals surface area contributed by atoms with Crippen molar-refractivity contribution >= 4 is 82.3 Å². The molecule has 0 radical (unpaired) electrons. The van der Waals surface area contributed by atoms with Gasteiger partial charge < -0.3 is 0 Å². The van der Waals surface area contributed by atoms with Crippen LogP contribution >= 0.6 is 82.3 Å². The maximum absolute atomic E-state index is 2.26. The molecule has 0 nitrogen and oxygen atoms in total. The number of rotatable bonds is 3. The van der Waals surface area contributed by atoms with Crippen molar-refractivity contribution in [2.24, 2.45) is 0 Å². The Morgan fingerprint density at radius 2 is 1.44 bits per heavy atom. The molecular formula is C9H10S7. The molecule has 0 fully saturated rings. The van der Waals surface area contributed by atoms with Crippen molar-refractivity contribution < 1.29 is 0 Å². The Morgan fingerprint density at radius 3 is 1.88 bits per heavy atom. The van der Waals surface area contributed by atoms with Crippen LogP contribution in [0.1, 0.15) is 0 Å². The third kappa shape index (κ3) is 3.16. The van der Waals surface area contributed by atoms with Crippen LogP contribution in [0.2, 0.25) is 0 Å². The van der Waals surface area contributed by atoms with Crippen molar-refractivity contribution in [2.75, 3.05) is 18.8 Å². The SMILES string of the molecule is CSC1=CSC(=C2SC(SC)=C(SC)S2)S1. The number of hydrogen-bond acceptors (Lipinski definition) is 7. The summed E-state index contributed by atoms with van der Waals surface area (Å²) in [5.41, 5.74) is 0. The van der Waals surface area contributed by atoms with Crippen LogP contribution < -0.4 is 0 Å². The van der Waals surface area contributed by atoms with Crippen LogP contribution in [0.15, 0.2) is 26.6 Å². The Labute approximate surface area is 126 Å². The van der Waals surface area contributed by atoms with Crippen molar-refractivity contribution in [3.63, 3.8) is 0 Å². The minimum Gasteiger partial charge on any atom is -0.122 e.